The minimum Gasteiger partial charge on any atom is -0.258 e. The number of hydrogen-bond acceptors (Lipinski definition) is 2. The molecule has 0 saturated carbocycles. The second kappa shape index (κ2) is 15.3. The van der Waals surface area contributed by atoms with E-state index in [9.17, 15) is 10.1 Å². The lowest BCUT2D eigenvalue weighted by Crippen LogP contribution is -2.43. The summed E-state index contributed by atoms with van der Waals surface area (Å²) in [6.07, 6.45) is 0. The molecular formula is C34H49NO2Si3. The Labute approximate surface area is 248 Å². The van der Waals surface area contributed by atoms with Gasteiger partial charge in [-0.25, -0.2) is 0 Å². The van der Waals surface area contributed by atoms with Gasteiger partial charge >= 0.3 is 0 Å². The van der Waals surface area contributed by atoms with Crippen LogP contribution < -0.4 is 0 Å². The number of benzene rings is 1. The molecule has 214 valence electrons. The minimum absolute atomic E-state index is 0.0512. The topological polar surface area (TPSA) is 43.1 Å². The summed E-state index contributed by atoms with van der Waals surface area (Å²) >= 11 is 0. The van der Waals surface area contributed by atoms with Gasteiger partial charge in [0.1, 0.15) is 24.2 Å². The maximum atomic E-state index is 11.1. The first-order valence-corrected chi connectivity index (χ1v) is 23.0. The number of nitrogens with zero attached hydrogens (tertiary/aromatic N) is 1. The van der Waals surface area contributed by atoms with Crippen molar-refractivity contribution in [1.29, 1.82) is 0 Å². The molecule has 1 aromatic rings. The Kier molecular flexibility index (Phi) is 13.5. The minimum atomic E-state index is -2.02. The molecule has 3 nitrogen and oxygen atoms in total. The second-order valence-electron chi connectivity index (χ2n) is 12.5. The number of nitro groups is 1. The van der Waals surface area contributed by atoms with Gasteiger partial charge < -0.3 is 0 Å². The highest BCUT2D eigenvalue weighted by Crippen LogP contribution is 2.40. The quantitative estimate of drug-likeness (QED) is 0.138. The predicted octanol–water partition coefficient (Wildman–Crippen LogP) is 9.40. The number of allylic oxidation sites excluding steroid dienone is 2. The Bertz CT molecular complexity index is 1280. The van der Waals surface area contributed by atoms with Crippen LogP contribution in [0.5, 0.6) is 0 Å². The van der Waals surface area contributed by atoms with Crippen molar-refractivity contribution >= 4 is 29.9 Å². The van der Waals surface area contributed by atoms with E-state index in [1.54, 1.807) is 12.1 Å². The van der Waals surface area contributed by atoms with Crippen LogP contribution in [0.4, 0.5) is 5.69 Å². The molecule has 6 heteroatoms. The SMILES string of the molecule is CC[Si](C#C/C(C#C[Si](C)(C)C)=C(\C#Cc1ccc([N+](=O)[O-])cc1)C#C[Si](C(C)C)(C(C)C)C(C)C)(CC)CC. The maximum absolute atomic E-state index is 11.1. The summed E-state index contributed by atoms with van der Waals surface area (Å²) in [5.41, 5.74) is 14.7. The van der Waals surface area contributed by atoms with Crippen LogP contribution in [0.25, 0.3) is 0 Å². The molecule has 0 heterocycles. The van der Waals surface area contributed by atoms with Crippen LogP contribution in [0.15, 0.2) is 35.4 Å². The zero-order chi connectivity index (χ0) is 30.7. The van der Waals surface area contributed by atoms with Crippen LogP contribution in [0.2, 0.25) is 54.4 Å². The van der Waals surface area contributed by atoms with Crippen molar-refractivity contribution in [1.82, 2.24) is 0 Å². The summed E-state index contributed by atoms with van der Waals surface area (Å²) in [5, 5.41) is 11.1. The van der Waals surface area contributed by atoms with E-state index in [1.165, 1.54) is 12.1 Å². The average molecular weight is 588 g/mol. The van der Waals surface area contributed by atoms with E-state index in [0.717, 1.165) is 23.7 Å². The first-order chi connectivity index (χ1) is 18.6. The number of nitro benzene ring substituents is 1. The molecule has 0 unspecified atom stereocenters. The third-order valence-corrected chi connectivity index (χ3v) is 19.9. The van der Waals surface area contributed by atoms with Crippen molar-refractivity contribution in [2.24, 2.45) is 0 Å². The fourth-order valence-corrected chi connectivity index (χ4v) is 13.3. The molecule has 0 spiro atoms. The van der Waals surface area contributed by atoms with Crippen molar-refractivity contribution < 1.29 is 4.92 Å². The summed E-state index contributed by atoms with van der Waals surface area (Å²) in [4.78, 5) is 10.7. The van der Waals surface area contributed by atoms with Crippen LogP contribution in [0.3, 0.4) is 0 Å². The highest BCUT2D eigenvalue weighted by Gasteiger charge is 2.41. The number of non-ortho nitro benzene ring substituents is 1. The Morgan fingerprint density at radius 3 is 1.55 bits per heavy atom. The van der Waals surface area contributed by atoms with Crippen LogP contribution in [-0.4, -0.2) is 29.1 Å². The summed E-state index contributed by atoms with van der Waals surface area (Å²) in [7, 11) is -5.43. The van der Waals surface area contributed by atoms with E-state index in [1.807, 2.05) is 0 Å². The van der Waals surface area contributed by atoms with E-state index >= 15 is 0 Å². The molecule has 0 saturated heterocycles. The Hall–Kier alpha value is -2.75. The van der Waals surface area contributed by atoms with Gasteiger partial charge in [0.15, 0.2) is 0 Å². The van der Waals surface area contributed by atoms with Crippen LogP contribution in [0.1, 0.15) is 67.9 Å². The lowest BCUT2D eigenvalue weighted by Gasteiger charge is -2.38. The average Bonchev–Trinajstić information content (AvgIpc) is 2.88. The van der Waals surface area contributed by atoms with Crippen molar-refractivity contribution in [3.05, 3.63) is 51.1 Å². The number of hydrogen-bond donors (Lipinski definition) is 0. The van der Waals surface area contributed by atoms with Crippen molar-refractivity contribution in [2.45, 2.75) is 117 Å². The standard InChI is InChI=1S/C34H49NO2Si3/c1-13-39(14-2,15-3)26-23-33(22-25-38(10,11)12)32(19-16-31-17-20-34(21-18-31)35(36)37)24-27-40(28(4)5,29(6)7)30(8)9/h17-18,20-21,28-30H,13-15H2,1-12H3/b33-32+. The van der Waals surface area contributed by atoms with Gasteiger partial charge in [0, 0.05) is 17.7 Å². The van der Waals surface area contributed by atoms with E-state index in [2.05, 4.69) is 128 Å². The molecule has 0 aliphatic heterocycles. The lowest BCUT2D eigenvalue weighted by atomic mass is 10.1. The molecule has 0 fully saturated rings. The second-order valence-corrected chi connectivity index (χ2v) is 27.8. The summed E-state index contributed by atoms with van der Waals surface area (Å²) in [6, 6.07) is 9.69. The van der Waals surface area contributed by atoms with Gasteiger partial charge in [0.05, 0.1) is 16.1 Å². The van der Waals surface area contributed by atoms with Gasteiger partial charge in [0.2, 0.25) is 0 Å². The van der Waals surface area contributed by atoms with Crippen molar-refractivity contribution in [3.63, 3.8) is 0 Å². The molecule has 0 aromatic heterocycles. The van der Waals surface area contributed by atoms with E-state index < -0.39 is 29.1 Å². The summed E-state index contributed by atoms with van der Waals surface area (Å²) < 4.78 is 0. The van der Waals surface area contributed by atoms with Gasteiger partial charge in [-0.2, -0.15) is 0 Å². The fraction of sp³-hybridized carbons (Fsp3) is 0.529. The molecule has 0 aliphatic rings. The van der Waals surface area contributed by atoms with Gasteiger partial charge in [0.25, 0.3) is 5.69 Å². The largest absolute Gasteiger partial charge is 0.269 e. The Balaban J connectivity index is 4.14. The zero-order valence-corrected chi connectivity index (χ0v) is 29.9. The van der Waals surface area contributed by atoms with Gasteiger partial charge in [-0.15, -0.1) is 16.6 Å². The highest BCUT2D eigenvalue weighted by molar-refractivity contribution is 6.90. The molecule has 1 rings (SSSR count). The summed E-state index contributed by atoms with van der Waals surface area (Å²) in [6.45, 7) is 27.3. The smallest absolute Gasteiger partial charge is 0.258 e. The highest BCUT2D eigenvalue weighted by atomic mass is 28.3. The molecule has 0 aliphatic carbocycles. The lowest BCUT2D eigenvalue weighted by molar-refractivity contribution is -0.384. The van der Waals surface area contributed by atoms with Gasteiger partial charge in [-0.05, 0) is 46.9 Å². The van der Waals surface area contributed by atoms with Crippen LogP contribution in [0, 0.1) is 56.3 Å². The van der Waals surface area contributed by atoms with Crippen molar-refractivity contribution in [2.75, 3.05) is 0 Å². The van der Waals surface area contributed by atoms with Gasteiger partial charge in [-0.1, -0.05) is 112 Å². The molecule has 0 bridgehead atoms. The van der Waals surface area contributed by atoms with Crippen LogP contribution >= 0.6 is 0 Å². The molecule has 0 amide bonds. The summed E-state index contributed by atoms with van der Waals surface area (Å²) in [5.74, 6) is 17.1. The first kappa shape index (κ1) is 35.3. The predicted molar refractivity (Wildman–Crippen MR) is 182 cm³/mol. The maximum Gasteiger partial charge on any atom is 0.269 e. The molecular weight excluding hydrogens is 539 g/mol. The zero-order valence-electron chi connectivity index (χ0n) is 26.9. The molecule has 40 heavy (non-hydrogen) atoms. The third kappa shape index (κ3) is 9.71. The van der Waals surface area contributed by atoms with E-state index in [0.29, 0.717) is 27.8 Å². The van der Waals surface area contributed by atoms with Crippen LogP contribution in [-0.2, 0) is 0 Å². The Morgan fingerprint density at radius 1 is 0.725 bits per heavy atom. The fourth-order valence-electron chi connectivity index (χ4n) is 5.18. The normalized spacial score (nSPS) is 12.3. The molecule has 0 radical (unpaired) electrons. The molecule has 0 N–H and O–H groups in total. The number of rotatable bonds is 7. The Morgan fingerprint density at radius 2 is 1.15 bits per heavy atom. The van der Waals surface area contributed by atoms with E-state index in [4.69, 9.17) is 0 Å². The van der Waals surface area contributed by atoms with Crippen molar-refractivity contribution in [3.8, 4) is 46.2 Å². The van der Waals surface area contributed by atoms with Gasteiger partial charge in [-0.3, -0.25) is 10.1 Å². The monoisotopic (exact) mass is 587 g/mol. The third-order valence-electron chi connectivity index (χ3n) is 7.98. The first-order valence-electron chi connectivity index (χ1n) is 14.7. The molecule has 0 atom stereocenters. The molecule has 1 aromatic carbocycles. The van der Waals surface area contributed by atoms with E-state index in [-0.39, 0.29) is 5.69 Å².